The van der Waals surface area contributed by atoms with E-state index in [2.05, 4.69) is 15.1 Å². The summed E-state index contributed by atoms with van der Waals surface area (Å²) in [6, 6.07) is 20.6. The highest BCUT2D eigenvalue weighted by Crippen LogP contribution is 2.39. The van der Waals surface area contributed by atoms with Gasteiger partial charge in [0.25, 0.3) is 5.56 Å². The zero-order chi connectivity index (χ0) is 28.7. The molecule has 3 heterocycles. The number of benzene rings is 3. The number of para-hydroxylation sites is 1. The Morgan fingerprint density at radius 1 is 1.07 bits per heavy atom. The quantitative estimate of drug-likeness (QED) is 0.245. The molecular formula is C31H23ClF2N4O3. The van der Waals surface area contributed by atoms with E-state index in [1.54, 1.807) is 48.5 Å². The number of H-pyrrole nitrogens is 1. The molecule has 5 aromatic rings. The summed E-state index contributed by atoms with van der Waals surface area (Å²) < 4.78 is 35.7. The number of hydrogen-bond acceptors (Lipinski definition) is 5. The summed E-state index contributed by atoms with van der Waals surface area (Å²) in [6.45, 7) is 1.90. The number of oxazole rings is 1. The van der Waals surface area contributed by atoms with E-state index in [4.69, 9.17) is 16.0 Å². The number of carbonyl (C=O) groups is 1. The second kappa shape index (κ2) is 10.4. The van der Waals surface area contributed by atoms with Crippen LogP contribution in [0.15, 0.2) is 99.6 Å². The lowest BCUT2D eigenvalue weighted by Crippen LogP contribution is -2.42. The van der Waals surface area contributed by atoms with Gasteiger partial charge in [0, 0.05) is 27.9 Å². The topological polar surface area (TPSA) is 91.6 Å². The van der Waals surface area contributed by atoms with Gasteiger partial charge < -0.3 is 9.40 Å². The fourth-order valence-electron chi connectivity index (χ4n) is 5.11. The molecule has 1 aliphatic rings. The summed E-state index contributed by atoms with van der Waals surface area (Å²) in [5, 5.41) is 6.48. The highest BCUT2D eigenvalue weighted by Gasteiger charge is 2.48. The molecule has 0 saturated heterocycles. The molecule has 0 spiro atoms. The van der Waals surface area contributed by atoms with Crippen molar-refractivity contribution in [1.29, 1.82) is 0 Å². The molecule has 41 heavy (non-hydrogen) atoms. The summed E-state index contributed by atoms with van der Waals surface area (Å²) in [5.74, 6) is -5.64. The fraction of sp³-hybridized carbons (Fsp3) is 0.161. The van der Waals surface area contributed by atoms with Crippen LogP contribution < -0.4 is 5.56 Å². The maximum Gasteiger partial charge on any atom is 0.335 e. The second-order valence-corrected chi connectivity index (χ2v) is 10.3. The number of amides is 1. The number of aromatic nitrogens is 2. The van der Waals surface area contributed by atoms with Gasteiger partial charge in [-0.05, 0) is 36.2 Å². The van der Waals surface area contributed by atoms with Crippen LogP contribution >= 0.6 is 11.6 Å². The molecule has 1 amide bonds. The molecule has 3 aromatic carbocycles. The molecule has 0 unspecified atom stereocenters. The molecule has 206 valence electrons. The largest absolute Gasteiger partial charge is 0.449 e. The summed E-state index contributed by atoms with van der Waals surface area (Å²) in [7, 11) is 0. The van der Waals surface area contributed by atoms with Gasteiger partial charge in [-0.3, -0.25) is 9.59 Å². The van der Waals surface area contributed by atoms with Gasteiger partial charge in [0.1, 0.15) is 6.26 Å². The first-order chi connectivity index (χ1) is 19.7. The first-order valence-electron chi connectivity index (χ1n) is 12.9. The monoisotopic (exact) mass is 572 g/mol. The van der Waals surface area contributed by atoms with Crippen molar-refractivity contribution in [2.45, 2.75) is 31.7 Å². The average molecular weight is 573 g/mol. The molecule has 1 aliphatic heterocycles. The molecular weight excluding hydrogens is 550 g/mol. The van der Waals surface area contributed by atoms with Gasteiger partial charge in [0.2, 0.25) is 5.89 Å². The lowest BCUT2D eigenvalue weighted by Gasteiger charge is -2.25. The van der Waals surface area contributed by atoms with E-state index in [9.17, 15) is 9.59 Å². The minimum absolute atomic E-state index is 0.0475. The normalized spacial score (nSPS) is 15.4. The van der Waals surface area contributed by atoms with Crippen LogP contribution in [0.4, 0.5) is 8.78 Å². The van der Waals surface area contributed by atoms with Crippen LogP contribution in [0, 0.1) is 6.92 Å². The number of aryl methyl sites for hydroxylation is 1. The third kappa shape index (κ3) is 5.04. The Morgan fingerprint density at radius 3 is 2.51 bits per heavy atom. The van der Waals surface area contributed by atoms with Crippen molar-refractivity contribution in [1.82, 2.24) is 15.0 Å². The third-order valence-corrected chi connectivity index (χ3v) is 7.35. The van der Waals surface area contributed by atoms with Crippen molar-refractivity contribution < 1.29 is 18.0 Å². The van der Waals surface area contributed by atoms with E-state index in [1.165, 1.54) is 12.5 Å². The molecule has 0 saturated carbocycles. The minimum Gasteiger partial charge on any atom is -0.449 e. The Hall–Kier alpha value is -4.63. The van der Waals surface area contributed by atoms with E-state index in [0.717, 1.165) is 16.0 Å². The van der Waals surface area contributed by atoms with Gasteiger partial charge >= 0.3 is 11.8 Å². The van der Waals surface area contributed by atoms with Gasteiger partial charge in [-0.1, -0.05) is 71.8 Å². The maximum atomic E-state index is 15.3. The Morgan fingerprint density at radius 2 is 1.80 bits per heavy atom. The van der Waals surface area contributed by atoms with Gasteiger partial charge in [0.05, 0.1) is 29.9 Å². The number of pyridine rings is 1. The molecule has 0 bridgehead atoms. The molecule has 2 aromatic heterocycles. The number of hydrogen-bond donors (Lipinski definition) is 1. The standard InChI is InChI=1S/C31H23ClF2N4O3/c1-18-6-8-19(9-7-18)25-16-24(37-38(25)30(40)31(33,34)17-26-35-14-15-41-26)28-27(20-10-12-21(32)13-11-20)22-4-2-3-5-23(22)36-29(28)39/h2-15,25H,16-17H2,1H3,(H,36,39)/t25-/m0/s1. The molecule has 0 fully saturated rings. The van der Waals surface area contributed by atoms with Crippen LogP contribution in [0.1, 0.15) is 35.0 Å². The first kappa shape index (κ1) is 26.6. The van der Waals surface area contributed by atoms with Crippen molar-refractivity contribution in [2.75, 3.05) is 0 Å². The van der Waals surface area contributed by atoms with Crippen LogP contribution in [0.2, 0.25) is 5.02 Å². The molecule has 1 atom stereocenters. The number of fused-ring (bicyclic) bond motifs is 1. The fourth-order valence-corrected chi connectivity index (χ4v) is 5.23. The van der Waals surface area contributed by atoms with Crippen LogP contribution in [0.3, 0.4) is 0 Å². The number of hydrazone groups is 1. The predicted octanol–water partition coefficient (Wildman–Crippen LogP) is 6.70. The number of carbonyl (C=O) groups excluding carboxylic acids is 1. The number of aromatic amines is 1. The predicted molar refractivity (Wildman–Crippen MR) is 152 cm³/mol. The number of nitrogens with one attached hydrogen (secondary N) is 1. The molecule has 10 heteroatoms. The van der Waals surface area contributed by atoms with Crippen LogP contribution in [-0.2, 0) is 11.2 Å². The van der Waals surface area contributed by atoms with E-state index < -0.39 is 29.9 Å². The molecule has 6 rings (SSSR count). The van der Waals surface area contributed by atoms with Gasteiger partial charge in [-0.2, -0.15) is 13.9 Å². The lowest BCUT2D eigenvalue weighted by molar-refractivity contribution is -0.159. The molecule has 0 radical (unpaired) electrons. The van der Waals surface area contributed by atoms with E-state index >= 15 is 8.78 Å². The molecule has 0 aliphatic carbocycles. The highest BCUT2D eigenvalue weighted by atomic mass is 35.5. The number of halogens is 3. The number of rotatable bonds is 6. The van der Waals surface area contributed by atoms with Crippen molar-refractivity contribution in [3.63, 3.8) is 0 Å². The third-order valence-electron chi connectivity index (χ3n) is 7.09. The SMILES string of the molecule is Cc1ccc([C@@H]2CC(c3c(-c4ccc(Cl)cc4)c4ccccc4[nH]c3=O)=NN2C(=O)C(F)(F)Cc2ncco2)cc1. The highest BCUT2D eigenvalue weighted by molar-refractivity contribution is 6.30. The molecule has 7 nitrogen and oxygen atoms in total. The van der Waals surface area contributed by atoms with Crippen molar-refractivity contribution in [2.24, 2.45) is 5.10 Å². The second-order valence-electron chi connectivity index (χ2n) is 9.89. The van der Waals surface area contributed by atoms with Crippen LogP contribution in [0.25, 0.3) is 22.0 Å². The minimum atomic E-state index is -3.86. The zero-order valence-electron chi connectivity index (χ0n) is 21.8. The average Bonchev–Trinajstić information content (AvgIpc) is 3.63. The summed E-state index contributed by atoms with van der Waals surface area (Å²) >= 11 is 6.14. The van der Waals surface area contributed by atoms with Gasteiger partial charge in [-0.15, -0.1) is 0 Å². The smallest absolute Gasteiger partial charge is 0.335 e. The first-order valence-corrected chi connectivity index (χ1v) is 13.2. The Labute approximate surface area is 238 Å². The van der Waals surface area contributed by atoms with Crippen molar-refractivity contribution in [3.8, 4) is 11.1 Å². The lowest BCUT2D eigenvalue weighted by atomic mass is 9.91. The summed E-state index contributed by atoms with van der Waals surface area (Å²) in [4.78, 5) is 33.7. The number of alkyl halides is 2. The van der Waals surface area contributed by atoms with Crippen LogP contribution in [-0.4, -0.2) is 32.5 Å². The number of nitrogens with zero attached hydrogens (tertiary/aromatic N) is 3. The van der Waals surface area contributed by atoms with E-state index in [1.807, 2.05) is 31.2 Å². The Balaban J connectivity index is 1.52. The van der Waals surface area contributed by atoms with E-state index in [0.29, 0.717) is 27.2 Å². The van der Waals surface area contributed by atoms with Crippen LogP contribution in [0.5, 0.6) is 0 Å². The molecule has 1 N–H and O–H groups in total. The van der Waals surface area contributed by atoms with Gasteiger partial charge in [-0.25, -0.2) is 9.99 Å². The van der Waals surface area contributed by atoms with Crippen molar-refractivity contribution in [3.05, 3.63) is 123 Å². The van der Waals surface area contributed by atoms with E-state index in [-0.39, 0.29) is 23.6 Å². The zero-order valence-corrected chi connectivity index (χ0v) is 22.5. The maximum absolute atomic E-state index is 15.3. The summed E-state index contributed by atoms with van der Waals surface area (Å²) in [5.41, 5.74) is 3.42. The van der Waals surface area contributed by atoms with Gasteiger partial charge in [0.15, 0.2) is 0 Å². The Kier molecular flexibility index (Phi) is 6.75. The summed E-state index contributed by atoms with van der Waals surface area (Å²) in [6.07, 6.45) is 1.43. The van der Waals surface area contributed by atoms with Crippen molar-refractivity contribution >= 4 is 34.1 Å². The Bertz CT molecular complexity index is 1830.